The molecule has 0 radical (unpaired) electrons. The first kappa shape index (κ1) is 15.1. The summed E-state index contributed by atoms with van der Waals surface area (Å²) in [7, 11) is 0. The molecule has 1 atom stereocenters. The van der Waals surface area contributed by atoms with Crippen LogP contribution in [0.15, 0.2) is 53.4 Å². The van der Waals surface area contributed by atoms with E-state index in [9.17, 15) is 9.90 Å². The number of rotatable bonds is 4. The molecule has 3 rings (SSSR count). The Hall–Kier alpha value is -1.78. The molecule has 2 aromatic rings. The third-order valence-electron chi connectivity index (χ3n) is 3.96. The SMILES string of the molecule is Cc1c(SCc2ccccc2)cccc1N1CCC(O)C1=O. The van der Waals surface area contributed by atoms with Crippen LogP contribution >= 0.6 is 11.8 Å². The number of aliphatic hydroxyl groups is 1. The van der Waals surface area contributed by atoms with Crippen molar-refractivity contribution in [2.24, 2.45) is 0 Å². The van der Waals surface area contributed by atoms with E-state index in [-0.39, 0.29) is 5.91 Å². The summed E-state index contributed by atoms with van der Waals surface area (Å²) in [5, 5.41) is 9.65. The molecule has 2 aromatic carbocycles. The summed E-state index contributed by atoms with van der Waals surface area (Å²) in [4.78, 5) is 14.9. The lowest BCUT2D eigenvalue weighted by Gasteiger charge is -2.20. The first-order valence-electron chi connectivity index (χ1n) is 7.42. The van der Waals surface area contributed by atoms with Gasteiger partial charge in [0.15, 0.2) is 0 Å². The fourth-order valence-corrected chi connectivity index (χ4v) is 3.70. The molecule has 0 spiro atoms. The van der Waals surface area contributed by atoms with Gasteiger partial charge in [-0.05, 0) is 30.2 Å². The normalized spacial score (nSPS) is 18.0. The molecular formula is C18H19NO2S. The fraction of sp³-hybridized carbons (Fsp3) is 0.278. The summed E-state index contributed by atoms with van der Waals surface area (Å²) in [5.74, 6) is 0.718. The first-order valence-corrected chi connectivity index (χ1v) is 8.41. The number of thioether (sulfide) groups is 1. The number of carbonyl (C=O) groups is 1. The van der Waals surface area contributed by atoms with Crippen LogP contribution in [0.3, 0.4) is 0 Å². The zero-order chi connectivity index (χ0) is 15.5. The van der Waals surface area contributed by atoms with Crippen molar-refractivity contribution in [2.75, 3.05) is 11.4 Å². The van der Waals surface area contributed by atoms with E-state index in [0.29, 0.717) is 13.0 Å². The van der Waals surface area contributed by atoms with Gasteiger partial charge in [0.05, 0.1) is 0 Å². The second-order valence-corrected chi connectivity index (χ2v) is 6.49. The molecule has 1 fully saturated rings. The average molecular weight is 313 g/mol. The molecule has 4 heteroatoms. The maximum absolute atomic E-state index is 12.0. The lowest BCUT2D eigenvalue weighted by molar-refractivity contribution is -0.124. The van der Waals surface area contributed by atoms with Gasteiger partial charge in [-0.3, -0.25) is 4.79 Å². The Labute approximate surface area is 135 Å². The summed E-state index contributed by atoms with van der Waals surface area (Å²) in [6.07, 6.45) is -0.334. The third kappa shape index (κ3) is 3.03. The number of nitrogens with zero attached hydrogens (tertiary/aromatic N) is 1. The van der Waals surface area contributed by atoms with Crippen molar-refractivity contribution in [3.63, 3.8) is 0 Å². The summed E-state index contributed by atoms with van der Waals surface area (Å²) >= 11 is 1.77. The van der Waals surface area contributed by atoms with Gasteiger partial charge in [-0.15, -0.1) is 11.8 Å². The number of aliphatic hydroxyl groups excluding tert-OH is 1. The Morgan fingerprint density at radius 1 is 1.18 bits per heavy atom. The molecule has 3 nitrogen and oxygen atoms in total. The van der Waals surface area contributed by atoms with Crippen molar-refractivity contribution in [1.29, 1.82) is 0 Å². The maximum Gasteiger partial charge on any atom is 0.255 e. The fourth-order valence-electron chi connectivity index (χ4n) is 2.69. The smallest absolute Gasteiger partial charge is 0.255 e. The van der Waals surface area contributed by atoms with Gasteiger partial charge in [0.1, 0.15) is 6.10 Å². The van der Waals surface area contributed by atoms with E-state index >= 15 is 0 Å². The number of benzene rings is 2. The van der Waals surface area contributed by atoms with Crippen molar-refractivity contribution in [2.45, 2.75) is 30.1 Å². The first-order chi connectivity index (χ1) is 10.7. The summed E-state index contributed by atoms with van der Waals surface area (Å²) in [6, 6.07) is 16.4. The number of hydrogen-bond acceptors (Lipinski definition) is 3. The van der Waals surface area contributed by atoms with Gasteiger partial charge in [-0.25, -0.2) is 0 Å². The molecule has 0 aromatic heterocycles. The monoisotopic (exact) mass is 313 g/mol. The third-order valence-corrected chi connectivity index (χ3v) is 5.19. The van der Waals surface area contributed by atoms with Crippen LogP contribution in [-0.4, -0.2) is 23.7 Å². The van der Waals surface area contributed by atoms with Gasteiger partial charge in [0, 0.05) is 29.3 Å². The Morgan fingerprint density at radius 3 is 2.64 bits per heavy atom. The van der Waals surface area contributed by atoms with E-state index in [1.807, 2.05) is 37.3 Å². The second-order valence-electron chi connectivity index (χ2n) is 5.47. The Balaban J connectivity index is 1.79. The topological polar surface area (TPSA) is 40.5 Å². The molecule has 1 aliphatic heterocycles. The molecule has 22 heavy (non-hydrogen) atoms. The number of amides is 1. The lowest BCUT2D eigenvalue weighted by Crippen LogP contribution is -2.29. The summed E-state index contributed by atoms with van der Waals surface area (Å²) in [5.41, 5.74) is 3.30. The van der Waals surface area contributed by atoms with Crippen LogP contribution in [0.25, 0.3) is 0 Å². The van der Waals surface area contributed by atoms with E-state index in [4.69, 9.17) is 0 Å². The molecule has 1 amide bonds. The van der Waals surface area contributed by atoms with E-state index in [1.165, 1.54) is 10.5 Å². The molecule has 1 heterocycles. The van der Waals surface area contributed by atoms with Gasteiger partial charge in [0.2, 0.25) is 0 Å². The predicted molar refractivity (Wildman–Crippen MR) is 90.2 cm³/mol. The van der Waals surface area contributed by atoms with Gasteiger partial charge in [-0.1, -0.05) is 36.4 Å². The van der Waals surface area contributed by atoms with Crippen molar-refractivity contribution >= 4 is 23.4 Å². The Morgan fingerprint density at radius 2 is 1.95 bits per heavy atom. The van der Waals surface area contributed by atoms with E-state index in [2.05, 4.69) is 18.2 Å². The van der Waals surface area contributed by atoms with Crippen molar-refractivity contribution < 1.29 is 9.90 Å². The largest absolute Gasteiger partial charge is 0.383 e. The van der Waals surface area contributed by atoms with Gasteiger partial charge in [-0.2, -0.15) is 0 Å². The molecule has 0 saturated carbocycles. The molecule has 114 valence electrons. The number of anilines is 1. The lowest BCUT2D eigenvalue weighted by atomic mass is 10.2. The average Bonchev–Trinajstić information content (AvgIpc) is 2.87. The zero-order valence-electron chi connectivity index (χ0n) is 12.5. The van der Waals surface area contributed by atoms with Crippen LogP contribution in [0.1, 0.15) is 17.5 Å². The molecule has 1 saturated heterocycles. The summed E-state index contributed by atoms with van der Waals surface area (Å²) in [6.45, 7) is 2.63. The molecule has 1 unspecified atom stereocenters. The highest BCUT2D eigenvalue weighted by Crippen LogP contribution is 2.33. The number of carbonyl (C=O) groups excluding carboxylic acids is 1. The highest BCUT2D eigenvalue weighted by Gasteiger charge is 2.31. The van der Waals surface area contributed by atoms with Crippen LogP contribution in [0.5, 0.6) is 0 Å². The Kier molecular flexibility index (Phi) is 4.50. The molecule has 1 aliphatic rings. The van der Waals surface area contributed by atoms with E-state index in [1.54, 1.807) is 16.7 Å². The quantitative estimate of drug-likeness (QED) is 0.880. The molecule has 1 N–H and O–H groups in total. The highest BCUT2D eigenvalue weighted by molar-refractivity contribution is 7.98. The van der Waals surface area contributed by atoms with Crippen molar-refractivity contribution in [1.82, 2.24) is 0 Å². The van der Waals surface area contributed by atoms with Crippen molar-refractivity contribution in [3.8, 4) is 0 Å². The summed E-state index contributed by atoms with van der Waals surface area (Å²) < 4.78 is 0. The van der Waals surface area contributed by atoms with Gasteiger partial charge >= 0.3 is 0 Å². The predicted octanol–water partition coefficient (Wildman–Crippen LogP) is 3.38. The standard InChI is InChI=1S/C18H19NO2S/c1-13-15(19-11-10-16(20)18(19)21)8-5-9-17(13)22-12-14-6-3-2-4-7-14/h2-9,16,20H,10-12H2,1H3. The van der Waals surface area contributed by atoms with E-state index < -0.39 is 6.10 Å². The van der Waals surface area contributed by atoms with Gasteiger partial charge < -0.3 is 10.0 Å². The van der Waals surface area contributed by atoms with Crippen LogP contribution in [-0.2, 0) is 10.5 Å². The molecular weight excluding hydrogens is 294 g/mol. The van der Waals surface area contributed by atoms with Crippen molar-refractivity contribution in [3.05, 3.63) is 59.7 Å². The van der Waals surface area contributed by atoms with E-state index in [0.717, 1.165) is 17.0 Å². The van der Waals surface area contributed by atoms with Gasteiger partial charge in [0.25, 0.3) is 5.91 Å². The maximum atomic E-state index is 12.0. The highest BCUT2D eigenvalue weighted by atomic mass is 32.2. The minimum Gasteiger partial charge on any atom is -0.383 e. The molecule has 0 bridgehead atoms. The second kappa shape index (κ2) is 6.55. The minimum atomic E-state index is -0.847. The van der Waals surface area contributed by atoms with Crippen LogP contribution in [0, 0.1) is 6.92 Å². The zero-order valence-corrected chi connectivity index (χ0v) is 13.3. The van der Waals surface area contributed by atoms with Crippen LogP contribution in [0.4, 0.5) is 5.69 Å². The van der Waals surface area contributed by atoms with Crippen LogP contribution in [0.2, 0.25) is 0 Å². The number of hydrogen-bond donors (Lipinski definition) is 1. The minimum absolute atomic E-state index is 0.187. The molecule has 0 aliphatic carbocycles. The Bertz CT molecular complexity index is 672. The van der Waals surface area contributed by atoms with Crippen LogP contribution < -0.4 is 4.90 Å².